The molecule has 0 aromatic carbocycles. The lowest BCUT2D eigenvalue weighted by molar-refractivity contribution is -0.147. The second-order valence-electron chi connectivity index (χ2n) is 3.68. The van der Waals surface area contributed by atoms with E-state index in [2.05, 4.69) is 0 Å². The summed E-state index contributed by atoms with van der Waals surface area (Å²) in [6.07, 6.45) is 0.965. The molecule has 1 atom stereocenters. The van der Waals surface area contributed by atoms with E-state index < -0.39 is 5.97 Å². The summed E-state index contributed by atoms with van der Waals surface area (Å²) >= 11 is 0. The van der Waals surface area contributed by atoms with Crippen LogP contribution in [0.25, 0.3) is 0 Å². The van der Waals surface area contributed by atoms with E-state index in [-0.39, 0.29) is 18.4 Å². The summed E-state index contributed by atoms with van der Waals surface area (Å²) in [5.41, 5.74) is 0. The molecule has 86 valence electrons. The Morgan fingerprint density at radius 3 is 2.87 bits per heavy atom. The van der Waals surface area contributed by atoms with Gasteiger partial charge in [-0.3, -0.25) is 9.59 Å². The molecular weight excluding hydrogens is 198 g/mol. The normalized spacial score (nSPS) is 21.4. The van der Waals surface area contributed by atoms with Crippen molar-refractivity contribution in [1.29, 1.82) is 0 Å². The molecule has 1 fully saturated rings. The van der Waals surface area contributed by atoms with Crippen molar-refractivity contribution in [3.63, 3.8) is 0 Å². The number of amides is 1. The molecule has 1 aliphatic heterocycles. The summed E-state index contributed by atoms with van der Waals surface area (Å²) in [7, 11) is 0. The molecule has 0 aromatic heterocycles. The summed E-state index contributed by atoms with van der Waals surface area (Å²) in [4.78, 5) is 23.7. The number of carboxylic acid groups (broad SMARTS) is 1. The Hall–Kier alpha value is -1.10. The van der Waals surface area contributed by atoms with Crippen molar-refractivity contribution in [2.45, 2.75) is 32.3 Å². The van der Waals surface area contributed by atoms with Gasteiger partial charge in [-0.15, -0.1) is 0 Å². The molecule has 1 rings (SSSR count). The Morgan fingerprint density at radius 1 is 1.53 bits per heavy atom. The molecule has 1 heterocycles. The van der Waals surface area contributed by atoms with Crippen LogP contribution in [0.15, 0.2) is 0 Å². The van der Waals surface area contributed by atoms with Crippen LogP contribution in [-0.4, -0.2) is 47.7 Å². The monoisotopic (exact) mass is 215 g/mol. The maximum absolute atomic E-state index is 11.6. The van der Waals surface area contributed by atoms with Gasteiger partial charge in [-0.2, -0.15) is 0 Å². The number of aliphatic carboxylic acids is 1. The molecule has 5 nitrogen and oxygen atoms in total. The predicted octanol–water partition coefficient (Wildman–Crippen LogP) is 0.489. The maximum atomic E-state index is 11.6. The van der Waals surface area contributed by atoms with Crippen LogP contribution in [0.4, 0.5) is 0 Å². The van der Waals surface area contributed by atoms with Gasteiger partial charge in [0.2, 0.25) is 5.91 Å². The molecule has 0 saturated carbocycles. The third-order valence-electron chi connectivity index (χ3n) is 2.36. The van der Waals surface area contributed by atoms with Crippen molar-refractivity contribution in [1.82, 2.24) is 4.90 Å². The number of ether oxygens (including phenoxy) is 1. The Labute approximate surface area is 89.0 Å². The second-order valence-corrected chi connectivity index (χ2v) is 3.68. The summed E-state index contributed by atoms with van der Waals surface area (Å²) in [6.45, 7) is 3.38. The number of nitrogens with zero attached hydrogens (tertiary/aromatic N) is 1. The first-order chi connectivity index (χ1) is 7.13. The van der Waals surface area contributed by atoms with Crippen molar-refractivity contribution in [2.75, 3.05) is 19.7 Å². The highest BCUT2D eigenvalue weighted by molar-refractivity contribution is 5.76. The topological polar surface area (TPSA) is 66.8 Å². The third-order valence-corrected chi connectivity index (χ3v) is 2.36. The van der Waals surface area contributed by atoms with Gasteiger partial charge in [-0.25, -0.2) is 0 Å². The highest BCUT2D eigenvalue weighted by atomic mass is 16.5. The van der Waals surface area contributed by atoms with E-state index in [1.165, 1.54) is 0 Å². The Bertz CT molecular complexity index is 242. The van der Waals surface area contributed by atoms with E-state index in [1.807, 2.05) is 6.92 Å². The van der Waals surface area contributed by atoms with Crippen molar-refractivity contribution in [3.8, 4) is 0 Å². The summed E-state index contributed by atoms with van der Waals surface area (Å²) < 4.78 is 5.27. The van der Waals surface area contributed by atoms with E-state index in [0.717, 1.165) is 6.42 Å². The zero-order valence-electron chi connectivity index (χ0n) is 8.94. The fraction of sp³-hybridized carbons (Fsp3) is 0.800. The number of morpholine rings is 1. The minimum absolute atomic E-state index is 0.0318. The molecule has 0 aliphatic carbocycles. The van der Waals surface area contributed by atoms with Gasteiger partial charge in [0, 0.05) is 19.5 Å². The van der Waals surface area contributed by atoms with E-state index in [0.29, 0.717) is 26.1 Å². The highest BCUT2D eigenvalue weighted by Crippen LogP contribution is 2.10. The van der Waals surface area contributed by atoms with Crippen LogP contribution in [0, 0.1) is 0 Å². The predicted molar refractivity (Wildman–Crippen MR) is 53.5 cm³/mol. The van der Waals surface area contributed by atoms with Gasteiger partial charge in [-0.1, -0.05) is 6.92 Å². The fourth-order valence-corrected chi connectivity index (χ4v) is 1.64. The second kappa shape index (κ2) is 5.70. The molecule has 15 heavy (non-hydrogen) atoms. The molecule has 5 heteroatoms. The molecule has 0 aromatic rings. The third kappa shape index (κ3) is 3.87. The maximum Gasteiger partial charge on any atom is 0.306 e. The molecule has 0 spiro atoms. The number of carbonyl (C=O) groups excluding carboxylic acids is 1. The van der Waals surface area contributed by atoms with Gasteiger partial charge in [0.15, 0.2) is 0 Å². The minimum atomic E-state index is -0.884. The molecule has 0 radical (unpaired) electrons. The molecule has 1 aliphatic rings. The molecular formula is C10H17NO4. The zero-order valence-corrected chi connectivity index (χ0v) is 8.94. The SMILES string of the molecule is CCCC(=O)N1CCOC(CC(=O)O)C1. The molecule has 0 bridgehead atoms. The Balaban J connectivity index is 2.41. The van der Waals surface area contributed by atoms with Crippen LogP contribution < -0.4 is 0 Å². The van der Waals surface area contributed by atoms with Gasteiger partial charge in [0.25, 0.3) is 0 Å². The smallest absolute Gasteiger partial charge is 0.306 e. The molecule has 1 unspecified atom stereocenters. The van der Waals surface area contributed by atoms with Gasteiger partial charge < -0.3 is 14.7 Å². The molecule has 1 amide bonds. The van der Waals surface area contributed by atoms with Crippen LogP contribution in [0.2, 0.25) is 0 Å². The zero-order chi connectivity index (χ0) is 11.3. The van der Waals surface area contributed by atoms with Crippen molar-refractivity contribution in [2.24, 2.45) is 0 Å². The Morgan fingerprint density at radius 2 is 2.27 bits per heavy atom. The summed E-state index contributed by atoms with van der Waals surface area (Å²) in [5, 5.41) is 8.61. The average Bonchev–Trinajstić information content (AvgIpc) is 2.17. The number of hydrogen-bond donors (Lipinski definition) is 1. The lowest BCUT2D eigenvalue weighted by atomic mass is 10.2. The number of hydrogen-bond acceptors (Lipinski definition) is 3. The van der Waals surface area contributed by atoms with Crippen LogP contribution in [0.5, 0.6) is 0 Å². The first-order valence-electron chi connectivity index (χ1n) is 5.24. The van der Waals surface area contributed by atoms with Crippen LogP contribution in [0.3, 0.4) is 0 Å². The van der Waals surface area contributed by atoms with Gasteiger partial charge in [0.05, 0.1) is 19.1 Å². The van der Waals surface area contributed by atoms with Crippen molar-refractivity contribution in [3.05, 3.63) is 0 Å². The number of carbonyl (C=O) groups is 2. The van der Waals surface area contributed by atoms with Crippen molar-refractivity contribution < 1.29 is 19.4 Å². The highest BCUT2D eigenvalue weighted by Gasteiger charge is 2.25. The largest absolute Gasteiger partial charge is 0.481 e. The van der Waals surface area contributed by atoms with Crippen LogP contribution in [0.1, 0.15) is 26.2 Å². The average molecular weight is 215 g/mol. The van der Waals surface area contributed by atoms with Gasteiger partial charge in [0.1, 0.15) is 0 Å². The standard InChI is InChI=1S/C10H17NO4/c1-2-3-9(12)11-4-5-15-8(7-11)6-10(13)14/h8H,2-7H2,1H3,(H,13,14). The van der Waals surface area contributed by atoms with Crippen LogP contribution in [-0.2, 0) is 14.3 Å². The number of carboxylic acids is 1. The fourth-order valence-electron chi connectivity index (χ4n) is 1.64. The molecule has 1 saturated heterocycles. The summed E-state index contributed by atoms with van der Waals surface area (Å²) in [5.74, 6) is -0.791. The lowest BCUT2D eigenvalue weighted by Crippen LogP contribution is -2.46. The quantitative estimate of drug-likeness (QED) is 0.741. The van der Waals surface area contributed by atoms with E-state index >= 15 is 0 Å². The van der Waals surface area contributed by atoms with E-state index in [1.54, 1.807) is 4.90 Å². The minimum Gasteiger partial charge on any atom is -0.481 e. The number of rotatable bonds is 4. The van der Waals surface area contributed by atoms with Crippen LogP contribution >= 0.6 is 0 Å². The lowest BCUT2D eigenvalue weighted by Gasteiger charge is -2.32. The van der Waals surface area contributed by atoms with E-state index in [9.17, 15) is 9.59 Å². The molecule has 1 N–H and O–H groups in total. The van der Waals surface area contributed by atoms with Gasteiger partial charge in [-0.05, 0) is 6.42 Å². The van der Waals surface area contributed by atoms with Gasteiger partial charge >= 0.3 is 5.97 Å². The first kappa shape index (κ1) is 12.0. The van der Waals surface area contributed by atoms with E-state index in [4.69, 9.17) is 9.84 Å². The Kier molecular flexibility index (Phi) is 4.55. The first-order valence-corrected chi connectivity index (χ1v) is 5.24. The van der Waals surface area contributed by atoms with Crippen molar-refractivity contribution >= 4 is 11.9 Å². The summed E-state index contributed by atoms with van der Waals surface area (Å²) in [6, 6.07) is 0.